The van der Waals surface area contributed by atoms with Gasteiger partial charge in [0, 0.05) is 11.7 Å². The lowest BCUT2D eigenvalue weighted by Gasteiger charge is -2.23. The number of hydrogen-bond acceptors (Lipinski definition) is 2. The van der Waals surface area contributed by atoms with Gasteiger partial charge in [-0.3, -0.25) is 0 Å². The van der Waals surface area contributed by atoms with Crippen LogP contribution in [0.1, 0.15) is 26.2 Å². The maximum Gasteiger partial charge on any atom is 0.149 e. The Morgan fingerprint density at radius 2 is 2.33 bits per heavy atom. The van der Waals surface area contributed by atoms with Crippen LogP contribution in [0.3, 0.4) is 0 Å². The highest BCUT2D eigenvalue weighted by molar-refractivity contribution is 5.27. The molecule has 0 saturated carbocycles. The Labute approximate surface area is 71.5 Å². The summed E-state index contributed by atoms with van der Waals surface area (Å²) in [5, 5.41) is 12.5. The minimum absolute atomic E-state index is 0.346. The van der Waals surface area contributed by atoms with Crippen molar-refractivity contribution in [3.8, 4) is 0 Å². The lowest BCUT2D eigenvalue weighted by molar-refractivity contribution is 0.0811. The predicted octanol–water partition coefficient (Wildman–Crippen LogP) is 1.12. The molecule has 0 aromatic rings. The van der Waals surface area contributed by atoms with E-state index in [9.17, 15) is 9.50 Å². The van der Waals surface area contributed by atoms with Crippen molar-refractivity contribution in [2.75, 3.05) is 0 Å². The molecule has 0 aromatic heterocycles. The second-order valence-corrected chi connectivity index (χ2v) is 3.76. The van der Waals surface area contributed by atoms with E-state index in [0.717, 1.165) is 24.1 Å². The molecule has 1 aliphatic carbocycles. The largest absolute Gasteiger partial charge is 0.390 e. The summed E-state index contributed by atoms with van der Waals surface area (Å²) >= 11 is 0. The van der Waals surface area contributed by atoms with Crippen molar-refractivity contribution in [1.82, 2.24) is 5.32 Å². The fourth-order valence-corrected chi connectivity index (χ4v) is 2.08. The predicted molar refractivity (Wildman–Crippen MR) is 44.4 cm³/mol. The Morgan fingerprint density at radius 3 is 3.08 bits per heavy atom. The summed E-state index contributed by atoms with van der Waals surface area (Å²) in [5.41, 5.74) is 1.85. The molecule has 2 unspecified atom stereocenters. The second kappa shape index (κ2) is 2.73. The van der Waals surface area contributed by atoms with E-state index >= 15 is 0 Å². The maximum absolute atomic E-state index is 13.4. The Kier molecular flexibility index (Phi) is 1.83. The van der Waals surface area contributed by atoms with Gasteiger partial charge in [0.05, 0.1) is 6.10 Å². The molecule has 2 N–H and O–H groups in total. The molecule has 3 atom stereocenters. The second-order valence-electron chi connectivity index (χ2n) is 3.76. The number of nitrogens with one attached hydrogen (secondary N) is 1. The molecule has 0 saturated heterocycles. The molecule has 12 heavy (non-hydrogen) atoms. The van der Waals surface area contributed by atoms with Crippen LogP contribution in [0, 0.1) is 0 Å². The van der Waals surface area contributed by atoms with Gasteiger partial charge in [-0.15, -0.1) is 0 Å². The first-order chi connectivity index (χ1) is 5.68. The van der Waals surface area contributed by atoms with Crippen LogP contribution < -0.4 is 5.32 Å². The van der Waals surface area contributed by atoms with Crippen molar-refractivity contribution in [2.24, 2.45) is 0 Å². The average molecular weight is 171 g/mol. The summed E-state index contributed by atoms with van der Waals surface area (Å²) in [7, 11) is 0. The molecule has 1 heterocycles. The van der Waals surface area contributed by atoms with Crippen molar-refractivity contribution in [3.63, 3.8) is 0 Å². The minimum Gasteiger partial charge on any atom is -0.390 e. The van der Waals surface area contributed by atoms with Gasteiger partial charge in [-0.25, -0.2) is 4.39 Å². The van der Waals surface area contributed by atoms with Crippen LogP contribution in [-0.4, -0.2) is 23.4 Å². The van der Waals surface area contributed by atoms with Crippen LogP contribution in [0.25, 0.3) is 0 Å². The Bertz CT molecular complexity index is 227. The highest BCUT2D eigenvalue weighted by Gasteiger charge is 2.34. The molecule has 68 valence electrons. The summed E-state index contributed by atoms with van der Waals surface area (Å²) in [5.74, 6) is 0. The normalized spacial score (nSPS) is 41.1. The molecule has 0 amide bonds. The van der Waals surface area contributed by atoms with Gasteiger partial charge in [-0.1, -0.05) is 0 Å². The zero-order valence-corrected chi connectivity index (χ0v) is 7.18. The number of aliphatic hydroxyl groups excluding tert-OH is 1. The van der Waals surface area contributed by atoms with Gasteiger partial charge in [-0.2, -0.15) is 0 Å². The molecule has 3 heteroatoms. The molecule has 0 fully saturated rings. The smallest absolute Gasteiger partial charge is 0.149 e. The Balaban J connectivity index is 2.20. The fraction of sp³-hybridized carbons (Fsp3) is 0.778. The number of halogens is 1. The van der Waals surface area contributed by atoms with E-state index in [1.54, 1.807) is 0 Å². The molecule has 0 spiro atoms. The van der Waals surface area contributed by atoms with E-state index < -0.39 is 12.3 Å². The zero-order valence-electron chi connectivity index (χ0n) is 7.18. The van der Waals surface area contributed by atoms with Crippen LogP contribution in [0.5, 0.6) is 0 Å². The van der Waals surface area contributed by atoms with E-state index in [4.69, 9.17) is 0 Å². The highest BCUT2D eigenvalue weighted by Crippen LogP contribution is 2.33. The van der Waals surface area contributed by atoms with Crippen LogP contribution in [0.2, 0.25) is 0 Å². The standard InChI is InChI=1S/C9H14FNO/c1-5-4-6-7(11-5)2-3-8(12)9(6)10/h5,8-9,11-12H,2-4H2,1H3/t5?,8-,9?/m0/s1. The van der Waals surface area contributed by atoms with E-state index in [-0.39, 0.29) is 0 Å². The maximum atomic E-state index is 13.4. The van der Waals surface area contributed by atoms with Gasteiger partial charge in [0.2, 0.25) is 0 Å². The highest BCUT2D eigenvalue weighted by atomic mass is 19.1. The van der Waals surface area contributed by atoms with Crippen molar-refractivity contribution < 1.29 is 9.50 Å². The molecule has 1 aliphatic heterocycles. The summed E-state index contributed by atoms with van der Waals surface area (Å²) in [4.78, 5) is 0. The summed E-state index contributed by atoms with van der Waals surface area (Å²) in [6.45, 7) is 2.04. The number of allylic oxidation sites excluding steroid dienone is 1. The molecular weight excluding hydrogens is 157 g/mol. The average Bonchev–Trinajstić information content (AvgIpc) is 2.39. The summed E-state index contributed by atoms with van der Waals surface area (Å²) in [6, 6.07) is 0.346. The first-order valence-corrected chi connectivity index (χ1v) is 4.49. The fourth-order valence-electron chi connectivity index (χ4n) is 2.08. The topological polar surface area (TPSA) is 32.3 Å². The zero-order chi connectivity index (χ0) is 8.72. The number of aliphatic hydroxyl groups is 1. The lowest BCUT2D eigenvalue weighted by atomic mass is 9.92. The molecule has 0 bridgehead atoms. The molecular formula is C9H14FNO. The van der Waals surface area contributed by atoms with Crippen LogP contribution >= 0.6 is 0 Å². The van der Waals surface area contributed by atoms with E-state index in [0.29, 0.717) is 12.5 Å². The van der Waals surface area contributed by atoms with Crippen molar-refractivity contribution in [2.45, 2.75) is 44.5 Å². The first kappa shape index (κ1) is 8.05. The van der Waals surface area contributed by atoms with Crippen LogP contribution in [-0.2, 0) is 0 Å². The molecule has 0 aromatic carbocycles. The number of hydrogen-bond donors (Lipinski definition) is 2. The Hall–Kier alpha value is -0.570. The third-order valence-corrected chi connectivity index (χ3v) is 2.70. The van der Waals surface area contributed by atoms with Crippen LogP contribution in [0.4, 0.5) is 4.39 Å². The summed E-state index contributed by atoms with van der Waals surface area (Å²) in [6.07, 6.45) is 0.233. The van der Waals surface area contributed by atoms with Gasteiger partial charge >= 0.3 is 0 Å². The lowest BCUT2D eigenvalue weighted by Crippen LogP contribution is -2.28. The van der Waals surface area contributed by atoms with Crippen molar-refractivity contribution in [3.05, 3.63) is 11.3 Å². The molecule has 2 nitrogen and oxygen atoms in total. The van der Waals surface area contributed by atoms with E-state index in [1.165, 1.54) is 0 Å². The molecule has 2 aliphatic rings. The van der Waals surface area contributed by atoms with Gasteiger partial charge in [0.15, 0.2) is 0 Å². The van der Waals surface area contributed by atoms with Gasteiger partial charge < -0.3 is 10.4 Å². The monoisotopic (exact) mass is 171 g/mol. The number of rotatable bonds is 0. The van der Waals surface area contributed by atoms with Gasteiger partial charge in [0.25, 0.3) is 0 Å². The Morgan fingerprint density at radius 1 is 1.58 bits per heavy atom. The van der Waals surface area contributed by atoms with Crippen molar-refractivity contribution in [1.29, 1.82) is 0 Å². The number of alkyl halides is 1. The van der Waals surface area contributed by atoms with E-state index in [1.807, 2.05) is 6.92 Å². The van der Waals surface area contributed by atoms with Gasteiger partial charge in [-0.05, 0) is 31.8 Å². The SMILES string of the molecule is CC1CC2=C(CC[C@H](O)C2F)N1. The summed E-state index contributed by atoms with van der Waals surface area (Å²) < 4.78 is 13.4. The van der Waals surface area contributed by atoms with Gasteiger partial charge in [0.1, 0.15) is 6.17 Å². The molecule has 0 radical (unpaired) electrons. The van der Waals surface area contributed by atoms with Crippen LogP contribution in [0.15, 0.2) is 11.3 Å². The third kappa shape index (κ3) is 1.12. The van der Waals surface area contributed by atoms with E-state index in [2.05, 4.69) is 5.32 Å². The third-order valence-electron chi connectivity index (χ3n) is 2.70. The van der Waals surface area contributed by atoms with Crippen molar-refractivity contribution >= 4 is 0 Å². The molecule has 2 rings (SSSR count). The quantitative estimate of drug-likeness (QED) is 0.572. The minimum atomic E-state index is -1.12. The first-order valence-electron chi connectivity index (χ1n) is 4.49.